The van der Waals surface area contributed by atoms with Crippen LogP contribution in [0.2, 0.25) is 0 Å². The molecule has 0 radical (unpaired) electrons. The molecule has 1 atom stereocenters. The summed E-state index contributed by atoms with van der Waals surface area (Å²) < 4.78 is 2.23. The molecule has 0 aliphatic carbocycles. The van der Waals surface area contributed by atoms with Crippen LogP contribution in [0.5, 0.6) is 0 Å². The summed E-state index contributed by atoms with van der Waals surface area (Å²) >= 11 is 0. The van der Waals surface area contributed by atoms with Crippen molar-refractivity contribution in [3.63, 3.8) is 0 Å². The number of hydrogen-bond acceptors (Lipinski definition) is 0. The van der Waals surface area contributed by atoms with Crippen LogP contribution in [0.3, 0.4) is 0 Å². The van der Waals surface area contributed by atoms with E-state index in [9.17, 15) is 0 Å². The fraction of sp³-hybridized carbons (Fsp3) is 0.556. The van der Waals surface area contributed by atoms with Crippen LogP contribution in [0.15, 0.2) is 18.3 Å². The van der Waals surface area contributed by atoms with Gasteiger partial charge in [0.25, 0.3) is 0 Å². The summed E-state index contributed by atoms with van der Waals surface area (Å²) in [5.41, 5.74) is 1.47. The van der Waals surface area contributed by atoms with Gasteiger partial charge in [-0.25, -0.2) is 0 Å². The highest BCUT2D eigenvalue weighted by Gasteiger charge is 2.21. The summed E-state index contributed by atoms with van der Waals surface area (Å²) in [5, 5.41) is 2.44. The summed E-state index contributed by atoms with van der Waals surface area (Å²) in [6, 6.07) is 5.09. The number of rotatable bonds is 1. The summed E-state index contributed by atoms with van der Waals surface area (Å²) in [7, 11) is 2.13. The van der Waals surface area contributed by atoms with Gasteiger partial charge in [-0.15, -0.1) is 0 Å². The predicted octanol–water partition coefficient (Wildman–Crippen LogP) is 0.423. The first-order valence-electron chi connectivity index (χ1n) is 4.32. The van der Waals surface area contributed by atoms with Gasteiger partial charge in [-0.1, -0.05) is 0 Å². The smallest absolute Gasteiger partial charge is 0.127 e. The lowest BCUT2D eigenvalue weighted by Crippen LogP contribution is -2.82. The van der Waals surface area contributed by atoms with Crippen LogP contribution >= 0.6 is 0 Å². The normalized spacial score (nSPS) is 24.3. The first-order chi connectivity index (χ1) is 5.38. The Morgan fingerprint density at radius 3 is 3.09 bits per heavy atom. The standard InChI is InChI=1S/C9H14N2/c1-11-7-3-5-9(11)8-4-2-6-10-8/h3,5,7-8,10H,2,4,6H2,1H3/p+1/t8-/m0/s1. The summed E-state index contributed by atoms with van der Waals surface area (Å²) in [4.78, 5) is 0. The third kappa shape index (κ3) is 1.18. The zero-order valence-corrected chi connectivity index (χ0v) is 6.96. The van der Waals surface area contributed by atoms with Crippen LogP contribution in [-0.4, -0.2) is 11.1 Å². The van der Waals surface area contributed by atoms with Gasteiger partial charge in [0.2, 0.25) is 0 Å². The molecule has 1 aromatic heterocycles. The Balaban J connectivity index is 2.21. The van der Waals surface area contributed by atoms with Crippen molar-refractivity contribution in [3.8, 4) is 0 Å². The Bertz CT molecular complexity index is 233. The fourth-order valence-electron chi connectivity index (χ4n) is 1.90. The van der Waals surface area contributed by atoms with Gasteiger partial charge in [-0.2, -0.15) is 0 Å². The van der Waals surface area contributed by atoms with E-state index >= 15 is 0 Å². The van der Waals surface area contributed by atoms with Crippen LogP contribution < -0.4 is 5.32 Å². The molecule has 2 heteroatoms. The Hall–Kier alpha value is -0.760. The van der Waals surface area contributed by atoms with Crippen molar-refractivity contribution in [1.82, 2.24) is 4.57 Å². The molecule has 2 nitrogen and oxygen atoms in total. The molecule has 60 valence electrons. The Morgan fingerprint density at radius 2 is 2.55 bits per heavy atom. The maximum absolute atomic E-state index is 2.44. The highest BCUT2D eigenvalue weighted by molar-refractivity contribution is 5.09. The van der Waals surface area contributed by atoms with Crippen molar-refractivity contribution in [1.29, 1.82) is 0 Å². The second-order valence-electron chi connectivity index (χ2n) is 3.32. The number of quaternary nitrogens is 1. The maximum Gasteiger partial charge on any atom is 0.127 e. The maximum atomic E-state index is 2.44. The first kappa shape index (κ1) is 6.92. The second kappa shape index (κ2) is 2.70. The van der Waals surface area contributed by atoms with Crippen molar-refractivity contribution < 1.29 is 5.32 Å². The first-order valence-corrected chi connectivity index (χ1v) is 4.32. The Morgan fingerprint density at radius 1 is 1.64 bits per heavy atom. The average molecular weight is 151 g/mol. The Labute approximate surface area is 67.2 Å². The van der Waals surface area contributed by atoms with Crippen molar-refractivity contribution in [2.24, 2.45) is 7.05 Å². The topological polar surface area (TPSA) is 21.5 Å². The van der Waals surface area contributed by atoms with Gasteiger partial charge in [-0.05, 0) is 12.1 Å². The van der Waals surface area contributed by atoms with E-state index in [0.29, 0.717) is 0 Å². The lowest BCUT2D eigenvalue weighted by molar-refractivity contribution is -0.677. The predicted molar refractivity (Wildman–Crippen MR) is 44.2 cm³/mol. The van der Waals surface area contributed by atoms with Crippen molar-refractivity contribution in [3.05, 3.63) is 24.0 Å². The minimum absolute atomic E-state index is 0.731. The van der Waals surface area contributed by atoms with Gasteiger partial charge in [0.1, 0.15) is 6.04 Å². The number of hydrogen-bond donors (Lipinski definition) is 1. The molecule has 11 heavy (non-hydrogen) atoms. The van der Waals surface area contributed by atoms with Gasteiger partial charge in [0, 0.05) is 26.1 Å². The number of nitrogens with two attached hydrogens (primary N) is 1. The van der Waals surface area contributed by atoms with E-state index in [1.54, 1.807) is 0 Å². The van der Waals surface area contributed by atoms with E-state index in [1.165, 1.54) is 25.1 Å². The lowest BCUT2D eigenvalue weighted by Gasteiger charge is -2.07. The molecule has 0 unspecified atom stereocenters. The molecule has 2 rings (SSSR count). The summed E-state index contributed by atoms with van der Waals surface area (Å²) in [6.45, 7) is 1.30. The molecular weight excluding hydrogens is 136 g/mol. The molecule has 0 saturated carbocycles. The van der Waals surface area contributed by atoms with Crippen molar-refractivity contribution in [2.75, 3.05) is 6.54 Å². The molecular formula is C9H15N2+. The van der Waals surface area contributed by atoms with E-state index in [0.717, 1.165) is 6.04 Å². The number of aryl methyl sites for hydroxylation is 1. The van der Waals surface area contributed by atoms with Crippen LogP contribution in [0.25, 0.3) is 0 Å². The molecule has 1 aliphatic heterocycles. The fourth-order valence-corrected chi connectivity index (χ4v) is 1.90. The molecule has 0 amide bonds. The second-order valence-corrected chi connectivity index (χ2v) is 3.32. The summed E-state index contributed by atoms with van der Waals surface area (Å²) in [5.74, 6) is 0. The van der Waals surface area contributed by atoms with Gasteiger partial charge >= 0.3 is 0 Å². The van der Waals surface area contributed by atoms with Crippen LogP contribution in [-0.2, 0) is 7.05 Å². The highest BCUT2D eigenvalue weighted by Crippen LogP contribution is 2.16. The third-order valence-electron chi connectivity index (χ3n) is 2.53. The van der Waals surface area contributed by atoms with E-state index in [4.69, 9.17) is 0 Å². The monoisotopic (exact) mass is 151 g/mol. The van der Waals surface area contributed by atoms with Gasteiger partial charge < -0.3 is 9.88 Å². The van der Waals surface area contributed by atoms with E-state index in [1.807, 2.05) is 0 Å². The van der Waals surface area contributed by atoms with E-state index in [-0.39, 0.29) is 0 Å². The average Bonchev–Trinajstić information content (AvgIpc) is 2.55. The number of nitrogens with zero attached hydrogens (tertiary/aromatic N) is 1. The quantitative estimate of drug-likeness (QED) is 0.601. The minimum Gasteiger partial charge on any atom is -0.350 e. The molecule has 1 saturated heterocycles. The zero-order valence-electron chi connectivity index (χ0n) is 6.96. The molecule has 2 heterocycles. The van der Waals surface area contributed by atoms with Gasteiger partial charge in [0.15, 0.2) is 0 Å². The molecule has 2 N–H and O–H groups in total. The molecule has 1 fully saturated rings. The molecule has 1 aliphatic rings. The van der Waals surface area contributed by atoms with Crippen molar-refractivity contribution >= 4 is 0 Å². The molecule has 0 bridgehead atoms. The summed E-state index contributed by atoms with van der Waals surface area (Å²) in [6.07, 6.45) is 4.84. The van der Waals surface area contributed by atoms with Crippen LogP contribution in [0.4, 0.5) is 0 Å². The minimum atomic E-state index is 0.731. The van der Waals surface area contributed by atoms with Crippen LogP contribution in [0, 0.1) is 0 Å². The number of aromatic nitrogens is 1. The van der Waals surface area contributed by atoms with E-state index in [2.05, 4.69) is 35.3 Å². The largest absolute Gasteiger partial charge is 0.350 e. The van der Waals surface area contributed by atoms with Crippen LogP contribution in [0.1, 0.15) is 24.6 Å². The third-order valence-corrected chi connectivity index (χ3v) is 2.53. The van der Waals surface area contributed by atoms with E-state index < -0.39 is 0 Å². The zero-order chi connectivity index (χ0) is 7.68. The Kier molecular flexibility index (Phi) is 1.70. The lowest BCUT2D eigenvalue weighted by atomic mass is 10.2. The molecule has 0 aromatic carbocycles. The van der Waals surface area contributed by atoms with Crippen molar-refractivity contribution in [2.45, 2.75) is 18.9 Å². The molecule has 0 spiro atoms. The molecule has 1 aromatic rings. The highest BCUT2D eigenvalue weighted by atomic mass is 15.0. The van der Waals surface area contributed by atoms with Gasteiger partial charge in [0.05, 0.1) is 12.2 Å². The SMILES string of the molecule is Cn1cccc1[C@@H]1CCC[NH2+]1. The van der Waals surface area contributed by atoms with Gasteiger partial charge in [-0.3, -0.25) is 0 Å².